The van der Waals surface area contributed by atoms with Crippen LogP contribution in [0.4, 0.5) is 54.1 Å². The lowest BCUT2D eigenvalue weighted by Crippen LogP contribution is -2.83. The van der Waals surface area contributed by atoms with Gasteiger partial charge >= 0.3 is 29.6 Å². The number of nitrogens with zero attached hydrogens (tertiary/aromatic N) is 3. The Morgan fingerprint density at radius 1 is 0.875 bits per heavy atom. The van der Waals surface area contributed by atoms with Crippen molar-refractivity contribution in [2.75, 3.05) is 20.0 Å². The molecule has 0 saturated heterocycles. The number of aryl methyl sites for hydroxylation is 1. The number of rotatable bonds is 7. The van der Waals surface area contributed by atoms with Crippen LogP contribution >= 0.6 is 11.8 Å². The average Bonchev–Trinajstić information content (AvgIpc) is 3.31. The molecule has 3 N–H and O–H groups in total. The molecule has 40 heavy (non-hydrogen) atoms. The second kappa shape index (κ2) is 9.13. The van der Waals surface area contributed by atoms with Gasteiger partial charge in [0.05, 0.1) is 25.7 Å². The van der Waals surface area contributed by atoms with E-state index >= 15 is 4.39 Å². The number of anilines is 1. The van der Waals surface area contributed by atoms with Gasteiger partial charge in [0.15, 0.2) is 5.52 Å². The number of hydrogen-bond acceptors (Lipinski definition) is 6. The third-order valence-electron chi connectivity index (χ3n) is 6.37. The fourth-order valence-corrected chi connectivity index (χ4v) is 4.96. The molecule has 0 bridgehead atoms. The van der Waals surface area contributed by atoms with Gasteiger partial charge in [0.1, 0.15) is 11.5 Å². The Morgan fingerprint density at radius 2 is 1.45 bits per heavy atom. The first kappa shape index (κ1) is 29.7. The topological polar surface area (TPSA) is 89.9 Å². The Balaban J connectivity index is 1.74. The molecule has 2 heterocycles. The van der Waals surface area contributed by atoms with Crippen LogP contribution in [-0.4, -0.2) is 64.5 Å². The van der Waals surface area contributed by atoms with Crippen molar-refractivity contribution in [2.24, 2.45) is 0 Å². The number of aromatic amines is 1. The number of hydrogen-bond donors (Lipinski definition) is 2. The van der Waals surface area contributed by atoms with E-state index in [2.05, 4.69) is 15.0 Å². The van der Waals surface area contributed by atoms with Crippen LogP contribution < -0.4 is 19.8 Å². The summed E-state index contributed by atoms with van der Waals surface area (Å²) in [5.74, 6) is -35.0. The Hall–Kier alpha value is -3.25. The number of fused-ring (bicyclic) bond motifs is 1. The first-order valence-electron chi connectivity index (χ1n) is 10.8. The van der Waals surface area contributed by atoms with E-state index in [1.54, 1.807) is 12.1 Å². The van der Waals surface area contributed by atoms with E-state index in [1.165, 1.54) is 20.3 Å². The SMILES string of the molecule is COc1ccc(OC)c(Sc2nc3c([nH]2)c(N)nc[n+]3CCC2(F)C(F)(F)C(F)(F)C(F)(F)C(F)(F)C2(F)F)c1. The molecular weight excluding hydrogens is 595 g/mol. The summed E-state index contributed by atoms with van der Waals surface area (Å²) in [6, 6.07) is 4.65. The number of imidazole rings is 1. The minimum absolute atomic E-state index is 0.00370. The molecule has 0 unspecified atom stereocenters. The van der Waals surface area contributed by atoms with E-state index < -0.39 is 48.2 Å². The number of methoxy groups -OCH3 is 2. The summed E-state index contributed by atoms with van der Waals surface area (Å²) in [5, 5.41) is -0.00370. The predicted octanol–water partition coefficient (Wildman–Crippen LogP) is 5.28. The first-order valence-corrected chi connectivity index (χ1v) is 11.6. The number of aromatic nitrogens is 4. The molecule has 1 aliphatic rings. The number of H-pyrrole nitrogens is 1. The molecule has 0 atom stereocenters. The smallest absolute Gasteiger partial charge is 0.384 e. The third kappa shape index (κ3) is 3.75. The minimum atomic E-state index is -7.28. The van der Waals surface area contributed by atoms with Crippen molar-refractivity contribution < 1.29 is 62.3 Å². The molecule has 2 aromatic heterocycles. The number of ether oxygens (including phenoxy) is 2. The lowest BCUT2D eigenvalue weighted by Gasteiger charge is -2.52. The van der Waals surface area contributed by atoms with Gasteiger partial charge in [-0.25, -0.2) is 8.96 Å². The van der Waals surface area contributed by atoms with Crippen molar-refractivity contribution in [3.8, 4) is 11.5 Å². The van der Waals surface area contributed by atoms with E-state index in [1.807, 2.05) is 0 Å². The number of nitrogens with one attached hydrogen (secondary N) is 1. The van der Waals surface area contributed by atoms with Crippen molar-refractivity contribution in [3.63, 3.8) is 0 Å². The van der Waals surface area contributed by atoms with E-state index in [4.69, 9.17) is 15.2 Å². The van der Waals surface area contributed by atoms with E-state index in [0.717, 1.165) is 11.8 Å². The maximum absolute atomic E-state index is 15.2. The summed E-state index contributed by atoms with van der Waals surface area (Å²) >= 11 is 0.892. The highest BCUT2D eigenvalue weighted by atomic mass is 32.2. The molecule has 19 heteroatoms. The summed E-state index contributed by atoms with van der Waals surface area (Å²) in [6.45, 7) is -1.46. The zero-order chi connectivity index (χ0) is 30.1. The van der Waals surface area contributed by atoms with Gasteiger partial charge < -0.3 is 20.2 Å². The van der Waals surface area contributed by atoms with Gasteiger partial charge in [0.2, 0.25) is 17.3 Å². The van der Waals surface area contributed by atoms with Crippen LogP contribution in [0, 0.1) is 0 Å². The molecule has 1 aliphatic carbocycles. The van der Waals surface area contributed by atoms with Crippen molar-refractivity contribution >= 4 is 28.7 Å². The van der Waals surface area contributed by atoms with Crippen LogP contribution in [0.15, 0.2) is 34.6 Å². The maximum atomic E-state index is 15.2. The molecule has 0 aliphatic heterocycles. The molecule has 7 nitrogen and oxygen atoms in total. The van der Waals surface area contributed by atoms with Gasteiger partial charge in [-0.2, -0.15) is 43.9 Å². The van der Waals surface area contributed by atoms with Gasteiger partial charge in [-0.3, -0.25) is 0 Å². The molecule has 0 amide bonds. The maximum Gasteiger partial charge on any atom is 0.384 e. The molecule has 220 valence electrons. The van der Waals surface area contributed by atoms with Crippen LogP contribution in [0.5, 0.6) is 11.5 Å². The summed E-state index contributed by atoms with van der Waals surface area (Å²) in [4.78, 5) is 10.8. The highest BCUT2D eigenvalue weighted by Crippen LogP contribution is 2.70. The van der Waals surface area contributed by atoms with Crippen LogP contribution in [0.3, 0.4) is 0 Å². The summed E-state index contributed by atoms with van der Waals surface area (Å²) in [5.41, 5.74) is -0.919. The van der Waals surface area contributed by atoms with Crippen molar-refractivity contribution in [3.05, 3.63) is 24.5 Å². The van der Waals surface area contributed by atoms with Gasteiger partial charge in [0.25, 0.3) is 11.3 Å². The fraction of sp³-hybridized carbons (Fsp3) is 0.476. The number of nitrogen functional groups attached to an aromatic ring is 1. The molecule has 0 radical (unpaired) electrons. The third-order valence-corrected chi connectivity index (χ3v) is 7.30. The number of halogens is 11. The average molecular weight is 612 g/mol. The molecule has 1 saturated carbocycles. The second-order valence-corrected chi connectivity index (χ2v) is 9.64. The van der Waals surface area contributed by atoms with E-state index in [-0.39, 0.29) is 22.1 Å². The number of nitrogens with two attached hydrogens (primary N) is 1. The zero-order valence-electron chi connectivity index (χ0n) is 20.0. The summed E-state index contributed by atoms with van der Waals surface area (Å²) in [7, 11) is 2.74. The molecule has 1 fully saturated rings. The predicted molar refractivity (Wildman–Crippen MR) is 115 cm³/mol. The minimum Gasteiger partial charge on any atom is -0.497 e. The molecular formula is C21H17F11N5O2S+. The van der Waals surface area contributed by atoms with E-state index in [0.29, 0.717) is 27.3 Å². The van der Waals surface area contributed by atoms with Gasteiger partial charge in [0, 0.05) is 6.42 Å². The lowest BCUT2D eigenvalue weighted by atomic mass is 9.70. The number of benzene rings is 1. The molecule has 4 rings (SSSR count). The van der Waals surface area contributed by atoms with Crippen LogP contribution in [-0.2, 0) is 6.54 Å². The zero-order valence-corrected chi connectivity index (χ0v) is 20.8. The Kier molecular flexibility index (Phi) is 6.79. The van der Waals surface area contributed by atoms with Crippen molar-refractivity contribution in [1.29, 1.82) is 0 Å². The van der Waals surface area contributed by atoms with Crippen LogP contribution in [0.1, 0.15) is 6.42 Å². The Morgan fingerprint density at radius 3 is 2.00 bits per heavy atom. The Bertz CT molecular complexity index is 1420. The lowest BCUT2D eigenvalue weighted by molar-refractivity contribution is -0.680. The van der Waals surface area contributed by atoms with Crippen molar-refractivity contribution in [1.82, 2.24) is 15.0 Å². The van der Waals surface area contributed by atoms with Crippen LogP contribution in [0.2, 0.25) is 0 Å². The Labute approximate surface area is 220 Å². The standard InChI is InChI=1S/C21H16F11N5O2S/c1-38-9-3-4-10(39-2)11(7-9)40-15-35-12-13(33)34-8-37(14(12)36-15)6-5-16(22)17(23,24)19(27,28)21(31,32)20(29,30)18(16,25)26/h3-4,7-8H,5-6H2,1-2H3,(H2,33,35,36)/p+1. The highest BCUT2D eigenvalue weighted by Gasteiger charge is 3.00. The monoisotopic (exact) mass is 612 g/mol. The van der Waals surface area contributed by atoms with Gasteiger partial charge in [-0.15, -0.1) is 0 Å². The van der Waals surface area contributed by atoms with E-state index in [9.17, 15) is 43.9 Å². The molecule has 3 aromatic rings. The summed E-state index contributed by atoms with van der Waals surface area (Å²) in [6.07, 6.45) is -1.81. The van der Waals surface area contributed by atoms with Gasteiger partial charge in [-0.05, 0) is 30.0 Å². The van der Waals surface area contributed by atoms with Gasteiger partial charge in [-0.1, -0.05) is 9.97 Å². The number of alkyl halides is 11. The molecule has 1 aromatic carbocycles. The summed E-state index contributed by atoms with van der Waals surface area (Å²) < 4.78 is 166. The highest BCUT2D eigenvalue weighted by molar-refractivity contribution is 7.99. The largest absolute Gasteiger partial charge is 0.497 e. The quantitative estimate of drug-likeness (QED) is 0.279. The first-order chi connectivity index (χ1) is 18.3. The van der Waals surface area contributed by atoms with Crippen LogP contribution in [0.25, 0.3) is 11.2 Å². The molecule has 0 spiro atoms. The van der Waals surface area contributed by atoms with Crippen molar-refractivity contribution in [2.45, 2.75) is 58.3 Å². The second-order valence-electron chi connectivity index (χ2n) is 8.61. The fourth-order valence-electron chi connectivity index (χ4n) is 4.04. The normalized spacial score (nSPS) is 21.7.